The minimum Gasteiger partial charge on any atom is -0.493 e. The predicted molar refractivity (Wildman–Crippen MR) is 122 cm³/mol. The molecule has 5 nitrogen and oxygen atoms in total. The van der Waals surface area contributed by atoms with Crippen molar-refractivity contribution in [1.29, 1.82) is 0 Å². The van der Waals surface area contributed by atoms with Crippen LogP contribution in [0, 0.1) is 0 Å². The van der Waals surface area contributed by atoms with Gasteiger partial charge in [-0.25, -0.2) is 0 Å². The third-order valence-corrected chi connectivity index (χ3v) is 6.22. The molecule has 1 amide bonds. The maximum atomic E-state index is 13.1. The molecule has 1 N–H and O–H groups in total. The van der Waals surface area contributed by atoms with E-state index in [0.29, 0.717) is 24.3 Å². The number of ether oxygens (including phenoxy) is 1. The quantitative estimate of drug-likeness (QED) is 0.499. The van der Waals surface area contributed by atoms with E-state index < -0.39 is 11.5 Å². The zero-order valence-corrected chi connectivity index (χ0v) is 18.4. The number of nitrogens with zero attached hydrogens (tertiary/aromatic N) is 1. The summed E-state index contributed by atoms with van der Waals surface area (Å²) in [7, 11) is 0. The molecule has 0 saturated heterocycles. The highest BCUT2D eigenvalue weighted by molar-refractivity contribution is 6.44. The summed E-state index contributed by atoms with van der Waals surface area (Å²) in [5, 5.41) is 13.6. The van der Waals surface area contributed by atoms with Crippen molar-refractivity contribution in [3.8, 4) is 5.75 Å². The lowest BCUT2D eigenvalue weighted by Crippen LogP contribution is -2.42. The van der Waals surface area contributed by atoms with Crippen LogP contribution < -0.4 is 9.64 Å². The van der Waals surface area contributed by atoms with Crippen LogP contribution in [0.2, 0.25) is 10.0 Å². The molecule has 1 aliphatic heterocycles. The summed E-state index contributed by atoms with van der Waals surface area (Å²) in [5.41, 5.74) is -1.28. The van der Waals surface area contributed by atoms with Crippen LogP contribution >= 0.6 is 23.2 Å². The van der Waals surface area contributed by atoms with E-state index in [0.717, 1.165) is 16.5 Å². The van der Waals surface area contributed by atoms with Crippen LogP contribution in [0.1, 0.15) is 25.3 Å². The largest absolute Gasteiger partial charge is 0.493 e. The Kier molecular flexibility index (Phi) is 5.93. The van der Waals surface area contributed by atoms with E-state index in [4.69, 9.17) is 27.9 Å². The van der Waals surface area contributed by atoms with E-state index in [1.807, 2.05) is 42.5 Å². The van der Waals surface area contributed by atoms with Gasteiger partial charge in [-0.3, -0.25) is 9.59 Å². The minimum atomic E-state index is -1.94. The van der Waals surface area contributed by atoms with Crippen LogP contribution in [0.3, 0.4) is 0 Å². The van der Waals surface area contributed by atoms with E-state index in [2.05, 4.69) is 0 Å². The third kappa shape index (κ3) is 3.89. The lowest BCUT2D eigenvalue weighted by Gasteiger charge is -2.22. The van der Waals surface area contributed by atoms with Crippen LogP contribution in [-0.4, -0.2) is 29.9 Å². The Morgan fingerprint density at radius 3 is 2.61 bits per heavy atom. The molecule has 0 aliphatic carbocycles. The van der Waals surface area contributed by atoms with Crippen molar-refractivity contribution in [1.82, 2.24) is 0 Å². The van der Waals surface area contributed by atoms with Gasteiger partial charge in [0.15, 0.2) is 5.60 Å². The molecule has 3 aromatic carbocycles. The number of ketones is 1. The van der Waals surface area contributed by atoms with Gasteiger partial charge in [0.25, 0.3) is 5.91 Å². The van der Waals surface area contributed by atoms with E-state index in [1.54, 1.807) is 6.07 Å². The van der Waals surface area contributed by atoms with Gasteiger partial charge in [0.1, 0.15) is 11.5 Å². The predicted octanol–water partition coefficient (Wildman–Crippen LogP) is 5.13. The molecule has 1 atom stereocenters. The number of Topliss-reactive ketones (excluding diaryl/α,β-unsaturated/α-hetero) is 1. The fraction of sp³-hybridized carbons (Fsp3) is 0.250. The molecule has 7 heteroatoms. The molecular formula is C24H21Cl2NO4. The number of benzene rings is 3. The van der Waals surface area contributed by atoms with Gasteiger partial charge in [-0.2, -0.15) is 0 Å². The van der Waals surface area contributed by atoms with Crippen molar-refractivity contribution >= 4 is 51.4 Å². The Labute approximate surface area is 190 Å². The lowest BCUT2D eigenvalue weighted by atomic mass is 9.90. The van der Waals surface area contributed by atoms with Crippen LogP contribution in [0.4, 0.5) is 5.69 Å². The fourth-order valence-corrected chi connectivity index (χ4v) is 4.47. The van der Waals surface area contributed by atoms with Gasteiger partial charge in [-0.05, 0) is 30.9 Å². The van der Waals surface area contributed by atoms with Crippen molar-refractivity contribution in [2.75, 3.05) is 18.1 Å². The normalized spacial score (nSPS) is 17.8. The fourth-order valence-electron chi connectivity index (χ4n) is 4.05. The number of hydrogen-bond acceptors (Lipinski definition) is 4. The first-order valence-electron chi connectivity index (χ1n) is 9.96. The van der Waals surface area contributed by atoms with E-state index in [-0.39, 0.29) is 28.8 Å². The number of carbonyl (C=O) groups is 2. The van der Waals surface area contributed by atoms with Gasteiger partial charge in [-0.15, -0.1) is 0 Å². The minimum absolute atomic E-state index is 0.182. The van der Waals surface area contributed by atoms with Crippen molar-refractivity contribution < 1.29 is 19.4 Å². The summed E-state index contributed by atoms with van der Waals surface area (Å²) in [5.74, 6) is -0.110. The lowest BCUT2D eigenvalue weighted by molar-refractivity contribution is -0.141. The van der Waals surface area contributed by atoms with Crippen LogP contribution in [0.25, 0.3) is 10.8 Å². The molecule has 0 saturated carbocycles. The molecule has 31 heavy (non-hydrogen) atoms. The molecule has 1 heterocycles. The number of rotatable bonds is 7. The molecule has 0 aromatic heterocycles. The molecule has 1 unspecified atom stereocenters. The smallest absolute Gasteiger partial charge is 0.264 e. The first kappa shape index (κ1) is 21.6. The number of aliphatic hydroxyl groups is 1. The Hall–Kier alpha value is -2.60. The molecule has 3 aromatic rings. The number of carbonyl (C=O) groups excluding carboxylic acids is 2. The molecule has 0 fully saturated rings. The summed E-state index contributed by atoms with van der Waals surface area (Å²) in [6.07, 6.45) is 0.174. The van der Waals surface area contributed by atoms with E-state index >= 15 is 0 Å². The van der Waals surface area contributed by atoms with Gasteiger partial charge in [0.05, 0.1) is 22.3 Å². The SMILES string of the molecule is CC(=O)CC1(O)C(=O)N(CCCOc2cccc3ccccc23)c2c1ccc(Cl)c2Cl. The van der Waals surface area contributed by atoms with Crippen molar-refractivity contribution in [2.24, 2.45) is 0 Å². The Balaban J connectivity index is 1.53. The Morgan fingerprint density at radius 1 is 1.10 bits per heavy atom. The van der Waals surface area contributed by atoms with E-state index in [9.17, 15) is 14.7 Å². The van der Waals surface area contributed by atoms with Crippen LogP contribution in [0.15, 0.2) is 54.6 Å². The molecule has 160 valence electrons. The summed E-state index contributed by atoms with van der Waals surface area (Å²) in [6, 6.07) is 16.9. The standard InChI is InChI=1S/C24H21Cl2NO4/c1-15(28)14-24(30)18-10-11-19(25)21(26)22(18)27(23(24)29)12-5-13-31-20-9-4-7-16-6-2-3-8-17(16)20/h2-4,6-11,30H,5,12-14H2,1H3. The zero-order valence-electron chi connectivity index (χ0n) is 16.9. The summed E-state index contributed by atoms with van der Waals surface area (Å²) in [4.78, 5) is 26.2. The number of hydrogen-bond donors (Lipinski definition) is 1. The Bertz CT molecular complexity index is 1170. The van der Waals surface area contributed by atoms with Gasteiger partial charge < -0.3 is 14.7 Å². The van der Waals surface area contributed by atoms with Crippen LogP contribution in [-0.2, 0) is 15.2 Å². The summed E-state index contributed by atoms with van der Waals surface area (Å²) in [6.45, 7) is 1.95. The van der Waals surface area contributed by atoms with E-state index in [1.165, 1.54) is 17.9 Å². The third-order valence-electron chi connectivity index (χ3n) is 5.42. The Morgan fingerprint density at radius 2 is 1.84 bits per heavy atom. The molecular weight excluding hydrogens is 437 g/mol. The maximum Gasteiger partial charge on any atom is 0.264 e. The topological polar surface area (TPSA) is 66.8 Å². The molecule has 0 radical (unpaired) electrons. The monoisotopic (exact) mass is 457 g/mol. The van der Waals surface area contributed by atoms with Gasteiger partial charge >= 0.3 is 0 Å². The average Bonchev–Trinajstić information content (AvgIpc) is 2.95. The number of amides is 1. The summed E-state index contributed by atoms with van der Waals surface area (Å²) >= 11 is 12.5. The van der Waals surface area contributed by atoms with Gasteiger partial charge in [-0.1, -0.05) is 65.7 Å². The van der Waals surface area contributed by atoms with Gasteiger partial charge in [0, 0.05) is 23.9 Å². The molecule has 0 bridgehead atoms. The van der Waals surface area contributed by atoms with Crippen molar-refractivity contribution in [2.45, 2.75) is 25.4 Å². The highest BCUT2D eigenvalue weighted by Crippen LogP contribution is 2.48. The first-order chi connectivity index (χ1) is 14.8. The van der Waals surface area contributed by atoms with Crippen molar-refractivity contribution in [3.05, 3.63) is 70.2 Å². The molecule has 1 aliphatic rings. The second-order valence-electron chi connectivity index (χ2n) is 7.63. The van der Waals surface area contributed by atoms with Crippen molar-refractivity contribution in [3.63, 3.8) is 0 Å². The average molecular weight is 458 g/mol. The first-order valence-corrected chi connectivity index (χ1v) is 10.7. The zero-order chi connectivity index (χ0) is 22.2. The molecule has 4 rings (SSSR count). The second kappa shape index (κ2) is 8.50. The number of fused-ring (bicyclic) bond motifs is 2. The molecule has 0 spiro atoms. The maximum absolute atomic E-state index is 13.1. The highest BCUT2D eigenvalue weighted by atomic mass is 35.5. The number of halogens is 2. The van der Waals surface area contributed by atoms with Gasteiger partial charge in [0.2, 0.25) is 0 Å². The highest BCUT2D eigenvalue weighted by Gasteiger charge is 2.51. The summed E-state index contributed by atoms with van der Waals surface area (Å²) < 4.78 is 5.96. The van der Waals surface area contributed by atoms with Crippen LogP contribution in [0.5, 0.6) is 5.75 Å². The second-order valence-corrected chi connectivity index (χ2v) is 8.42. The number of anilines is 1.